The molecular formula is C24H28N2O2. The Morgan fingerprint density at radius 2 is 1.75 bits per heavy atom. The Labute approximate surface area is 166 Å². The van der Waals surface area contributed by atoms with Crippen LogP contribution in [0.25, 0.3) is 0 Å². The van der Waals surface area contributed by atoms with Crippen molar-refractivity contribution in [1.29, 1.82) is 0 Å². The monoisotopic (exact) mass is 376 g/mol. The van der Waals surface area contributed by atoms with E-state index in [2.05, 4.69) is 30.4 Å². The highest BCUT2D eigenvalue weighted by Gasteiger charge is 2.51. The van der Waals surface area contributed by atoms with Gasteiger partial charge in [0.15, 0.2) is 0 Å². The van der Waals surface area contributed by atoms with Crippen LogP contribution in [-0.2, 0) is 16.8 Å². The summed E-state index contributed by atoms with van der Waals surface area (Å²) in [6.45, 7) is 4.20. The number of amides is 2. The molecule has 2 aliphatic rings. The van der Waals surface area contributed by atoms with E-state index in [1.165, 1.54) is 12.0 Å². The summed E-state index contributed by atoms with van der Waals surface area (Å²) in [6.07, 6.45) is 5.18. The number of benzene rings is 2. The SMILES string of the molecule is Cc1cccc(C2(C(=O)NCc3cccc(C(=O)N4CCCCC4)c3)CC2)c1. The summed E-state index contributed by atoms with van der Waals surface area (Å²) < 4.78 is 0. The molecule has 1 heterocycles. The summed E-state index contributed by atoms with van der Waals surface area (Å²) in [5, 5.41) is 3.10. The fourth-order valence-corrected chi connectivity index (χ4v) is 4.16. The van der Waals surface area contributed by atoms with Crippen molar-refractivity contribution >= 4 is 11.8 Å². The number of hydrogen-bond acceptors (Lipinski definition) is 2. The van der Waals surface area contributed by atoms with Crippen LogP contribution in [0.1, 0.15) is 59.2 Å². The largest absolute Gasteiger partial charge is 0.351 e. The molecule has 4 heteroatoms. The van der Waals surface area contributed by atoms with E-state index in [0.29, 0.717) is 12.1 Å². The fourth-order valence-electron chi connectivity index (χ4n) is 4.16. The molecule has 2 aromatic rings. The van der Waals surface area contributed by atoms with Crippen LogP contribution in [0.4, 0.5) is 0 Å². The van der Waals surface area contributed by atoms with Gasteiger partial charge in [0.1, 0.15) is 0 Å². The third-order valence-electron chi connectivity index (χ3n) is 6.03. The smallest absolute Gasteiger partial charge is 0.253 e. The Morgan fingerprint density at radius 3 is 2.46 bits per heavy atom. The zero-order chi connectivity index (χ0) is 19.6. The summed E-state index contributed by atoms with van der Waals surface area (Å²) in [5.41, 5.74) is 3.61. The molecule has 0 spiro atoms. The molecule has 2 aromatic carbocycles. The maximum Gasteiger partial charge on any atom is 0.253 e. The summed E-state index contributed by atoms with van der Waals surface area (Å²) in [4.78, 5) is 27.5. The van der Waals surface area contributed by atoms with Crippen molar-refractivity contribution in [3.8, 4) is 0 Å². The van der Waals surface area contributed by atoms with Crippen LogP contribution < -0.4 is 5.32 Å². The molecule has 1 aliphatic carbocycles. The molecule has 2 fully saturated rings. The van der Waals surface area contributed by atoms with E-state index >= 15 is 0 Å². The maximum atomic E-state index is 12.9. The number of likely N-dealkylation sites (tertiary alicyclic amines) is 1. The first-order chi connectivity index (χ1) is 13.6. The van der Waals surface area contributed by atoms with Crippen LogP contribution >= 0.6 is 0 Å². The lowest BCUT2D eigenvalue weighted by Gasteiger charge is -2.26. The van der Waals surface area contributed by atoms with E-state index in [0.717, 1.165) is 49.9 Å². The normalized spacial score (nSPS) is 17.8. The molecule has 0 bridgehead atoms. The molecule has 28 heavy (non-hydrogen) atoms. The second-order valence-electron chi connectivity index (χ2n) is 8.19. The van der Waals surface area contributed by atoms with Gasteiger partial charge < -0.3 is 10.2 Å². The van der Waals surface area contributed by atoms with Crippen molar-refractivity contribution in [1.82, 2.24) is 10.2 Å². The number of carbonyl (C=O) groups excluding carboxylic acids is 2. The average Bonchev–Trinajstić information content (AvgIpc) is 3.54. The van der Waals surface area contributed by atoms with Gasteiger partial charge in [-0.3, -0.25) is 9.59 Å². The minimum atomic E-state index is -0.368. The molecule has 0 radical (unpaired) electrons. The second kappa shape index (κ2) is 7.78. The molecule has 4 nitrogen and oxygen atoms in total. The number of nitrogens with zero attached hydrogens (tertiary/aromatic N) is 1. The highest BCUT2D eigenvalue weighted by Crippen LogP contribution is 2.48. The van der Waals surface area contributed by atoms with Gasteiger partial charge in [-0.1, -0.05) is 42.0 Å². The molecule has 1 saturated heterocycles. The van der Waals surface area contributed by atoms with Crippen LogP contribution in [0.15, 0.2) is 48.5 Å². The first kappa shape index (κ1) is 18.7. The Hall–Kier alpha value is -2.62. The lowest BCUT2D eigenvalue weighted by atomic mass is 9.93. The molecule has 146 valence electrons. The number of rotatable bonds is 5. The third-order valence-corrected chi connectivity index (χ3v) is 6.03. The van der Waals surface area contributed by atoms with Crippen molar-refractivity contribution in [3.05, 3.63) is 70.8 Å². The highest BCUT2D eigenvalue weighted by molar-refractivity contribution is 5.94. The first-order valence-electron chi connectivity index (χ1n) is 10.3. The molecule has 4 rings (SSSR count). The van der Waals surface area contributed by atoms with Crippen molar-refractivity contribution in [3.63, 3.8) is 0 Å². The van der Waals surface area contributed by atoms with Gasteiger partial charge in [0.2, 0.25) is 5.91 Å². The number of piperidine rings is 1. The Kier molecular flexibility index (Phi) is 5.21. The zero-order valence-electron chi connectivity index (χ0n) is 16.5. The lowest BCUT2D eigenvalue weighted by molar-refractivity contribution is -0.123. The van der Waals surface area contributed by atoms with Gasteiger partial charge in [-0.05, 0) is 62.3 Å². The van der Waals surface area contributed by atoms with Crippen LogP contribution in [0.5, 0.6) is 0 Å². The molecule has 0 unspecified atom stereocenters. The molecule has 1 aliphatic heterocycles. The topological polar surface area (TPSA) is 49.4 Å². The first-order valence-corrected chi connectivity index (χ1v) is 10.3. The van der Waals surface area contributed by atoms with Gasteiger partial charge in [0, 0.05) is 25.2 Å². The quantitative estimate of drug-likeness (QED) is 0.858. The number of carbonyl (C=O) groups is 2. The Bertz CT molecular complexity index is 880. The van der Waals surface area contributed by atoms with Gasteiger partial charge in [-0.2, -0.15) is 0 Å². The van der Waals surface area contributed by atoms with E-state index in [4.69, 9.17) is 0 Å². The minimum Gasteiger partial charge on any atom is -0.351 e. The summed E-state index contributed by atoms with van der Waals surface area (Å²) in [6, 6.07) is 15.9. The predicted octanol–water partition coefficient (Wildman–Crippen LogP) is 3.97. The molecule has 2 amide bonds. The number of hydrogen-bond donors (Lipinski definition) is 1. The van der Waals surface area contributed by atoms with Crippen molar-refractivity contribution in [2.75, 3.05) is 13.1 Å². The van der Waals surface area contributed by atoms with E-state index in [9.17, 15) is 9.59 Å². The van der Waals surface area contributed by atoms with Gasteiger partial charge in [-0.15, -0.1) is 0 Å². The molecule has 1 N–H and O–H groups in total. The molecule has 1 saturated carbocycles. The van der Waals surface area contributed by atoms with E-state index in [1.807, 2.05) is 35.2 Å². The standard InChI is InChI=1S/C24H28N2O2/c1-18-7-5-10-21(15-18)24(11-12-24)23(28)25-17-19-8-6-9-20(16-19)22(27)26-13-3-2-4-14-26/h5-10,15-16H,2-4,11-14,17H2,1H3,(H,25,28). The van der Waals surface area contributed by atoms with Gasteiger partial charge in [-0.25, -0.2) is 0 Å². The Morgan fingerprint density at radius 1 is 1.00 bits per heavy atom. The highest BCUT2D eigenvalue weighted by atomic mass is 16.2. The van der Waals surface area contributed by atoms with Gasteiger partial charge in [0.25, 0.3) is 5.91 Å². The molecule has 0 aromatic heterocycles. The van der Waals surface area contributed by atoms with Crippen molar-refractivity contribution in [2.45, 2.75) is 51.0 Å². The van der Waals surface area contributed by atoms with E-state index in [1.54, 1.807) is 0 Å². The van der Waals surface area contributed by atoms with Crippen LogP contribution in [-0.4, -0.2) is 29.8 Å². The predicted molar refractivity (Wildman–Crippen MR) is 110 cm³/mol. The van der Waals surface area contributed by atoms with E-state index in [-0.39, 0.29) is 17.2 Å². The van der Waals surface area contributed by atoms with Crippen LogP contribution in [0.2, 0.25) is 0 Å². The van der Waals surface area contributed by atoms with Gasteiger partial charge >= 0.3 is 0 Å². The Balaban J connectivity index is 1.41. The number of aryl methyl sites for hydroxylation is 1. The lowest BCUT2D eigenvalue weighted by Crippen LogP contribution is -2.36. The molecule has 0 atom stereocenters. The van der Waals surface area contributed by atoms with Crippen molar-refractivity contribution in [2.24, 2.45) is 0 Å². The summed E-state index contributed by atoms with van der Waals surface area (Å²) in [5.74, 6) is 0.192. The summed E-state index contributed by atoms with van der Waals surface area (Å²) in [7, 11) is 0. The third kappa shape index (κ3) is 3.82. The fraction of sp³-hybridized carbons (Fsp3) is 0.417. The maximum absolute atomic E-state index is 12.9. The average molecular weight is 377 g/mol. The van der Waals surface area contributed by atoms with Crippen molar-refractivity contribution < 1.29 is 9.59 Å². The minimum absolute atomic E-state index is 0.0888. The van der Waals surface area contributed by atoms with Crippen LogP contribution in [0, 0.1) is 6.92 Å². The van der Waals surface area contributed by atoms with Crippen LogP contribution in [0.3, 0.4) is 0 Å². The summed E-state index contributed by atoms with van der Waals surface area (Å²) >= 11 is 0. The van der Waals surface area contributed by atoms with Gasteiger partial charge in [0.05, 0.1) is 5.41 Å². The zero-order valence-corrected chi connectivity index (χ0v) is 16.5. The number of nitrogens with one attached hydrogen (secondary N) is 1. The second-order valence-corrected chi connectivity index (χ2v) is 8.19. The van der Waals surface area contributed by atoms with E-state index < -0.39 is 0 Å². The molecular weight excluding hydrogens is 348 g/mol.